The molecule has 2 heterocycles. The number of carbonyl (C=O) groups excluding carboxylic acids is 2. The molecule has 154 valence electrons. The van der Waals surface area contributed by atoms with Crippen molar-refractivity contribution in [2.24, 2.45) is 0 Å². The predicted octanol–water partition coefficient (Wildman–Crippen LogP) is -1.76. The molecule has 0 spiro atoms. The van der Waals surface area contributed by atoms with Gasteiger partial charge in [-0.3, -0.25) is 9.69 Å². The molecule has 2 fully saturated rings. The van der Waals surface area contributed by atoms with Gasteiger partial charge in [-0.05, 0) is 31.5 Å². The van der Waals surface area contributed by atoms with E-state index >= 15 is 0 Å². The Labute approximate surface area is 166 Å². The highest BCUT2D eigenvalue weighted by molar-refractivity contribution is 5.97. The van der Waals surface area contributed by atoms with Gasteiger partial charge in [0.15, 0.2) is 17.5 Å². The van der Waals surface area contributed by atoms with Gasteiger partial charge in [0.25, 0.3) is 5.91 Å². The van der Waals surface area contributed by atoms with Crippen molar-refractivity contribution < 1.29 is 28.9 Å². The standard InChI is InChI=1S/C20H30N4O4/c1-14-11-17(27-3)18(28-4)12-16(14)13-22-7-9-23(10-8-22)15(2)19(25)24-6-5-21-20(24)26/h11-12,15H,5-10,13H2,1-4H3,(H,21,26)/p+2/t15-/m0/s1. The number of hydrogen-bond donors (Lipinski definition) is 3. The molecule has 2 saturated heterocycles. The maximum atomic E-state index is 12.6. The number of quaternary nitrogens is 2. The fourth-order valence-electron chi connectivity index (χ4n) is 4.11. The van der Waals surface area contributed by atoms with Crippen LogP contribution in [0.1, 0.15) is 18.1 Å². The molecule has 0 saturated carbocycles. The van der Waals surface area contributed by atoms with Crippen LogP contribution >= 0.6 is 0 Å². The van der Waals surface area contributed by atoms with Crippen molar-refractivity contribution in [2.45, 2.75) is 26.4 Å². The predicted molar refractivity (Wildman–Crippen MR) is 104 cm³/mol. The maximum Gasteiger partial charge on any atom is 0.324 e. The van der Waals surface area contributed by atoms with Gasteiger partial charge in [0, 0.05) is 18.7 Å². The van der Waals surface area contributed by atoms with Crippen LogP contribution in [-0.2, 0) is 11.3 Å². The molecule has 0 radical (unpaired) electrons. The topological polar surface area (TPSA) is 76.8 Å². The van der Waals surface area contributed by atoms with Gasteiger partial charge in [-0.25, -0.2) is 4.79 Å². The SMILES string of the molecule is COc1cc(C)c(C[NH+]2CC[NH+]([C@@H](C)C(=O)N3CCNC3=O)CC2)cc1OC. The van der Waals surface area contributed by atoms with Crippen molar-refractivity contribution in [3.63, 3.8) is 0 Å². The highest BCUT2D eigenvalue weighted by Gasteiger charge is 2.37. The molecule has 0 bridgehead atoms. The zero-order chi connectivity index (χ0) is 20.3. The number of hydrogen-bond acceptors (Lipinski definition) is 4. The third-order valence-corrected chi connectivity index (χ3v) is 5.99. The number of ether oxygens (including phenoxy) is 2. The average molecular weight is 393 g/mol. The largest absolute Gasteiger partial charge is 0.493 e. The van der Waals surface area contributed by atoms with Gasteiger partial charge in [-0.15, -0.1) is 0 Å². The number of urea groups is 1. The summed E-state index contributed by atoms with van der Waals surface area (Å²) in [6.45, 7) is 9.82. The molecule has 1 aromatic carbocycles. The van der Waals surface area contributed by atoms with Gasteiger partial charge in [-0.2, -0.15) is 0 Å². The Morgan fingerprint density at radius 1 is 1.18 bits per heavy atom. The third-order valence-electron chi connectivity index (χ3n) is 5.99. The summed E-state index contributed by atoms with van der Waals surface area (Å²) in [6.07, 6.45) is 0. The molecule has 3 rings (SSSR count). The number of amides is 3. The normalized spacial score (nSPS) is 23.3. The molecule has 3 amide bonds. The molecular weight excluding hydrogens is 360 g/mol. The summed E-state index contributed by atoms with van der Waals surface area (Å²) in [7, 11) is 3.31. The third kappa shape index (κ3) is 4.23. The Morgan fingerprint density at radius 3 is 2.39 bits per heavy atom. The second-order valence-corrected chi connectivity index (χ2v) is 7.66. The first-order valence-electron chi connectivity index (χ1n) is 9.93. The van der Waals surface area contributed by atoms with Gasteiger partial charge < -0.3 is 24.6 Å². The van der Waals surface area contributed by atoms with Crippen molar-refractivity contribution in [2.75, 3.05) is 53.5 Å². The summed E-state index contributed by atoms with van der Waals surface area (Å²) in [4.78, 5) is 28.5. The molecule has 1 atom stereocenters. The first-order valence-corrected chi connectivity index (χ1v) is 9.93. The van der Waals surface area contributed by atoms with Crippen LogP contribution < -0.4 is 24.6 Å². The van der Waals surface area contributed by atoms with E-state index in [0.29, 0.717) is 13.1 Å². The number of imide groups is 1. The lowest BCUT2D eigenvalue weighted by Crippen LogP contribution is -3.29. The van der Waals surface area contributed by atoms with Crippen LogP contribution in [0.4, 0.5) is 4.79 Å². The van der Waals surface area contributed by atoms with E-state index in [1.54, 1.807) is 14.2 Å². The molecular formula is C20H32N4O4+2. The minimum absolute atomic E-state index is 0.0656. The number of aryl methyl sites for hydroxylation is 1. The molecule has 2 aliphatic heterocycles. The fourth-order valence-corrected chi connectivity index (χ4v) is 4.11. The molecule has 8 nitrogen and oxygen atoms in total. The van der Waals surface area contributed by atoms with Crippen LogP contribution in [0.3, 0.4) is 0 Å². The van der Waals surface area contributed by atoms with E-state index in [-0.39, 0.29) is 18.0 Å². The summed E-state index contributed by atoms with van der Waals surface area (Å²) in [5.74, 6) is 1.45. The first kappa shape index (κ1) is 20.4. The smallest absolute Gasteiger partial charge is 0.324 e. The average Bonchev–Trinajstić information content (AvgIpc) is 3.14. The summed E-state index contributed by atoms with van der Waals surface area (Å²) >= 11 is 0. The number of nitrogens with one attached hydrogen (secondary N) is 3. The minimum atomic E-state index is -0.260. The van der Waals surface area contributed by atoms with E-state index in [9.17, 15) is 9.59 Å². The van der Waals surface area contributed by atoms with Gasteiger partial charge in [0.05, 0.1) is 14.2 Å². The van der Waals surface area contributed by atoms with Crippen molar-refractivity contribution in [3.8, 4) is 11.5 Å². The van der Waals surface area contributed by atoms with Crippen LogP contribution in [0.5, 0.6) is 11.5 Å². The summed E-state index contributed by atoms with van der Waals surface area (Å²) in [6, 6.07) is 3.65. The summed E-state index contributed by atoms with van der Waals surface area (Å²) < 4.78 is 10.8. The second-order valence-electron chi connectivity index (χ2n) is 7.66. The van der Waals surface area contributed by atoms with Gasteiger partial charge in [0.1, 0.15) is 32.7 Å². The fraction of sp³-hybridized carbons (Fsp3) is 0.600. The highest BCUT2D eigenvalue weighted by atomic mass is 16.5. The van der Waals surface area contributed by atoms with Crippen molar-refractivity contribution in [1.82, 2.24) is 10.2 Å². The Balaban J connectivity index is 1.57. The van der Waals surface area contributed by atoms with Gasteiger partial charge >= 0.3 is 6.03 Å². The minimum Gasteiger partial charge on any atom is -0.493 e. The van der Waals surface area contributed by atoms with E-state index in [2.05, 4.69) is 18.3 Å². The quantitative estimate of drug-likeness (QED) is 0.536. The molecule has 0 aromatic heterocycles. The monoisotopic (exact) mass is 392 g/mol. The van der Waals surface area contributed by atoms with E-state index < -0.39 is 0 Å². The maximum absolute atomic E-state index is 12.6. The molecule has 8 heteroatoms. The van der Waals surface area contributed by atoms with Crippen molar-refractivity contribution >= 4 is 11.9 Å². The number of methoxy groups -OCH3 is 2. The van der Waals surface area contributed by atoms with E-state index in [4.69, 9.17) is 9.47 Å². The van der Waals surface area contributed by atoms with Crippen LogP contribution in [-0.4, -0.2) is 76.4 Å². The Morgan fingerprint density at radius 2 is 1.82 bits per heavy atom. The molecule has 0 unspecified atom stereocenters. The molecule has 0 aliphatic carbocycles. The van der Waals surface area contributed by atoms with E-state index in [0.717, 1.165) is 44.2 Å². The van der Waals surface area contributed by atoms with Crippen molar-refractivity contribution in [3.05, 3.63) is 23.3 Å². The lowest BCUT2D eigenvalue weighted by atomic mass is 10.1. The molecule has 1 aromatic rings. The van der Waals surface area contributed by atoms with Crippen molar-refractivity contribution in [1.29, 1.82) is 0 Å². The number of benzene rings is 1. The lowest BCUT2D eigenvalue weighted by molar-refractivity contribution is -1.02. The van der Waals surface area contributed by atoms with Crippen LogP contribution in [0.15, 0.2) is 12.1 Å². The molecule has 3 N–H and O–H groups in total. The second kappa shape index (κ2) is 8.79. The summed E-state index contributed by atoms with van der Waals surface area (Å²) in [5.41, 5.74) is 2.46. The lowest BCUT2D eigenvalue weighted by Gasteiger charge is -2.33. The number of piperazine rings is 1. The zero-order valence-electron chi connectivity index (χ0n) is 17.3. The van der Waals surface area contributed by atoms with Gasteiger partial charge in [-0.1, -0.05) is 0 Å². The van der Waals surface area contributed by atoms with Crippen LogP contribution in [0.25, 0.3) is 0 Å². The van der Waals surface area contributed by atoms with Crippen LogP contribution in [0, 0.1) is 6.92 Å². The number of nitrogens with zero attached hydrogens (tertiary/aromatic N) is 1. The number of rotatable bonds is 6. The number of carbonyl (C=O) groups is 2. The van der Waals surface area contributed by atoms with Crippen LogP contribution in [0.2, 0.25) is 0 Å². The Kier molecular flexibility index (Phi) is 6.41. The molecule has 2 aliphatic rings. The van der Waals surface area contributed by atoms with E-state index in [1.165, 1.54) is 25.8 Å². The molecule has 28 heavy (non-hydrogen) atoms. The summed E-state index contributed by atoms with van der Waals surface area (Å²) in [5, 5.41) is 2.70. The van der Waals surface area contributed by atoms with E-state index in [1.807, 2.05) is 13.0 Å². The first-order chi connectivity index (χ1) is 13.4. The Bertz CT molecular complexity index is 731. The van der Waals surface area contributed by atoms with Gasteiger partial charge in [0.2, 0.25) is 0 Å². The highest BCUT2D eigenvalue weighted by Crippen LogP contribution is 2.29. The zero-order valence-corrected chi connectivity index (χ0v) is 17.3. The Hall–Kier alpha value is -2.32.